The molecule has 1 rings (SSSR count). The van der Waals surface area contributed by atoms with Gasteiger partial charge in [-0.15, -0.1) is 0 Å². The van der Waals surface area contributed by atoms with Crippen LogP contribution in [0.4, 0.5) is 0 Å². The molecule has 0 bridgehead atoms. The average Bonchev–Trinajstić information content (AvgIpc) is 2.26. The summed E-state index contributed by atoms with van der Waals surface area (Å²) < 4.78 is 1.14. The van der Waals surface area contributed by atoms with Crippen LogP contribution in [0.5, 0.6) is 0 Å². The molecule has 0 saturated carbocycles. The molecule has 0 saturated heterocycles. The average molecular weight is 288 g/mol. The van der Waals surface area contributed by atoms with Gasteiger partial charge in [0.2, 0.25) is 0 Å². The van der Waals surface area contributed by atoms with Gasteiger partial charge < -0.3 is 5.32 Å². The molecule has 0 aliphatic rings. The topological polar surface area (TPSA) is 12.0 Å². The summed E-state index contributed by atoms with van der Waals surface area (Å²) >= 11 is 5.44. The van der Waals surface area contributed by atoms with Gasteiger partial charge in [-0.2, -0.15) is 11.8 Å². The minimum Gasteiger partial charge on any atom is -0.313 e. The number of thioether (sulfide) groups is 1. The van der Waals surface area contributed by atoms with Crippen molar-refractivity contribution in [3.63, 3.8) is 0 Å². The molecule has 1 aromatic carbocycles. The first-order valence-electron chi connectivity index (χ1n) is 5.36. The molecule has 0 spiro atoms. The van der Waals surface area contributed by atoms with Crippen LogP contribution in [-0.2, 0) is 6.54 Å². The standard InChI is InChI=1S/C12H18BrNS/c1-2-15-9-3-8-14-10-11-4-6-12(13)7-5-11/h4-7,14H,2-3,8-10H2,1H3. The Balaban J connectivity index is 2.07. The van der Waals surface area contributed by atoms with Crippen LogP contribution in [0.2, 0.25) is 0 Å². The Hall–Kier alpha value is 0.01000. The first-order chi connectivity index (χ1) is 7.33. The number of benzene rings is 1. The van der Waals surface area contributed by atoms with E-state index < -0.39 is 0 Å². The van der Waals surface area contributed by atoms with Gasteiger partial charge in [0.15, 0.2) is 0 Å². The van der Waals surface area contributed by atoms with E-state index in [0.29, 0.717) is 0 Å². The van der Waals surface area contributed by atoms with Gasteiger partial charge in [0.1, 0.15) is 0 Å². The van der Waals surface area contributed by atoms with Crippen LogP contribution in [0.1, 0.15) is 18.9 Å². The third kappa shape index (κ3) is 6.23. The third-order valence-corrected chi connectivity index (χ3v) is 3.60. The molecule has 84 valence electrons. The fourth-order valence-electron chi connectivity index (χ4n) is 1.28. The summed E-state index contributed by atoms with van der Waals surface area (Å²) in [5, 5.41) is 3.45. The first-order valence-corrected chi connectivity index (χ1v) is 7.30. The van der Waals surface area contributed by atoms with Crippen molar-refractivity contribution in [3.05, 3.63) is 34.3 Å². The second-order valence-corrected chi connectivity index (χ2v) is 5.66. The highest BCUT2D eigenvalue weighted by Crippen LogP contribution is 2.10. The van der Waals surface area contributed by atoms with Crippen LogP contribution in [0.25, 0.3) is 0 Å². The van der Waals surface area contributed by atoms with Gasteiger partial charge in [0.05, 0.1) is 0 Å². The van der Waals surface area contributed by atoms with E-state index in [1.54, 1.807) is 0 Å². The maximum atomic E-state index is 3.45. The summed E-state index contributed by atoms with van der Waals surface area (Å²) in [5.41, 5.74) is 1.35. The molecule has 0 aliphatic carbocycles. The van der Waals surface area contributed by atoms with Crippen molar-refractivity contribution in [1.29, 1.82) is 0 Å². The lowest BCUT2D eigenvalue weighted by molar-refractivity contribution is 0.679. The number of halogens is 1. The van der Waals surface area contributed by atoms with Crippen molar-refractivity contribution in [3.8, 4) is 0 Å². The summed E-state index contributed by atoms with van der Waals surface area (Å²) in [4.78, 5) is 0. The predicted octanol–water partition coefficient (Wildman–Crippen LogP) is 3.68. The molecule has 0 atom stereocenters. The molecule has 0 aromatic heterocycles. The number of nitrogens with one attached hydrogen (secondary N) is 1. The van der Waals surface area contributed by atoms with Gasteiger partial charge in [0, 0.05) is 11.0 Å². The summed E-state index contributed by atoms with van der Waals surface area (Å²) in [6.07, 6.45) is 1.26. The van der Waals surface area contributed by atoms with Crippen LogP contribution >= 0.6 is 27.7 Å². The maximum absolute atomic E-state index is 3.45. The Bertz CT molecular complexity index is 261. The van der Waals surface area contributed by atoms with E-state index in [1.165, 1.54) is 23.5 Å². The van der Waals surface area contributed by atoms with Gasteiger partial charge in [-0.25, -0.2) is 0 Å². The number of hydrogen-bond acceptors (Lipinski definition) is 2. The molecule has 0 fully saturated rings. The summed E-state index contributed by atoms with van der Waals surface area (Å²) in [5.74, 6) is 2.50. The van der Waals surface area contributed by atoms with E-state index in [1.807, 2.05) is 11.8 Å². The fourth-order valence-corrected chi connectivity index (χ4v) is 2.18. The van der Waals surface area contributed by atoms with Gasteiger partial charge in [-0.3, -0.25) is 0 Å². The number of rotatable bonds is 7. The third-order valence-electron chi connectivity index (χ3n) is 2.09. The van der Waals surface area contributed by atoms with E-state index in [0.717, 1.165) is 17.6 Å². The van der Waals surface area contributed by atoms with Crippen LogP contribution in [-0.4, -0.2) is 18.1 Å². The summed E-state index contributed by atoms with van der Waals surface area (Å²) in [6.45, 7) is 4.30. The zero-order chi connectivity index (χ0) is 10.9. The lowest BCUT2D eigenvalue weighted by Crippen LogP contribution is -2.15. The summed E-state index contributed by atoms with van der Waals surface area (Å²) in [6, 6.07) is 8.48. The zero-order valence-electron chi connectivity index (χ0n) is 9.13. The molecule has 0 aliphatic heterocycles. The van der Waals surface area contributed by atoms with Crippen molar-refractivity contribution in [2.75, 3.05) is 18.1 Å². The van der Waals surface area contributed by atoms with E-state index in [9.17, 15) is 0 Å². The smallest absolute Gasteiger partial charge is 0.0205 e. The second-order valence-electron chi connectivity index (χ2n) is 3.35. The highest BCUT2D eigenvalue weighted by Gasteiger charge is 1.92. The molecule has 1 aromatic rings. The minimum atomic E-state index is 0.976. The Kier molecular flexibility index (Phi) is 7.14. The Labute approximate surface area is 105 Å². The zero-order valence-corrected chi connectivity index (χ0v) is 11.5. The van der Waals surface area contributed by atoms with Gasteiger partial charge >= 0.3 is 0 Å². The van der Waals surface area contributed by atoms with E-state index in [-0.39, 0.29) is 0 Å². The second kappa shape index (κ2) is 8.20. The van der Waals surface area contributed by atoms with E-state index in [4.69, 9.17) is 0 Å². The molecular weight excluding hydrogens is 270 g/mol. The van der Waals surface area contributed by atoms with Crippen LogP contribution in [0.3, 0.4) is 0 Å². The monoisotopic (exact) mass is 287 g/mol. The maximum Gasteiger partial charge on any atom is 0.0205 e. The largest absolute Gasteiger partial charge is 0.313 e. The predicted molar refractivity (Wildman–Crippen MR) is 73.5 cm³/mol. The van der Waals surface area contributed by atoms with Crippen molar-refractivity contribution >= 4 is 27.7 Å². The van der Waals surface area contributed by atoms with Gasteiger partial charge in [0.25, 0.3) is 0 Å². The molecule has 3 heteroatoms. The SMILES string of the molecule is CCSCCCNCc1ccc(Br)cc1. The Morgan fingerprint density at radius 3 is 2.67 bits per heavy atom. The van der Waals surface area contributed by atoms with Crippen LogP contribution in [0.15, 0.2) is 28.7 Å². The molecule has 1 N–H and O–H groups in total. The highest BCUT2D eigenvalue weighted by atomic mass is 79.9. The fraction of sp³-hybridized carbons (Fsp3) is 0.500. The van der Waals surface area contributed by atoms with E-state index in [2.05, 4.69) is 52.4 Å². The lowest BCUT2D eigenvalue weighted by Gasteiger charge is -2.04. The quantitative estimate of drug-likeness (QED) is 0.768. The van der Waals surface area contributed by atoms with Crippen molar-refractivity contribution < 1.29 is 0 Å². The van der Waals surface area contributed by atoms with Crippen LogP contribution < -0.4 is 5.32 Å². The van der Waals surface area contributed by atoms with Crippen molar-refractivity contribution in [1.82, 2.24) is 5.32 Å². The van der Waals surface area contributed by atoms with Crippen molar-refractivity contribution in [2.24, 2.45) is 0 Å². The number of hydrogen-bond donors (Lipinski definition) is 1. The van der Waals surface area contributed by atoms with Crippen LogP contribution in [0, 0.1) is 0 Å². The first kappa shape index (κ1) is 13.1. The van der Waals surface area contributed by atoms with Gasteiger partial charge in [-0.05, 0) is 42.2 Å². The normalized spacial score (nSPS) is 10.5. The molecule has 1 nitrogen and oxygen atoms in total. The molecule has 0 amide bonds. The molecule has 0 heterocycles. The summed E-state index contributed by atoms with van der Waals surface area (Å²) in [7, 11) is 0. The Morgan fingerprint density at radius 2 is 2.00 bits per heavy atom. The minimum absolute atomic E-state index is 0.976. The van der Waals surface area contributed by atoms with E-state index >= 15 is 0 Å². The van der Waals surface area contributed by atoms with Gasteiger partial charge in [-0.1, -0.05) is 35.0 Å². The lowest BCUT2D eigenvalue weighted by atomic mass is 10.2. The Morgan fingerprint density at radius 1 is 1.27 bits per heavy atom. The molecule has 15 heavy (non-hydrogen) atoms. The van der Waals surface area contributed by atoms with Crippen molar-refractivity contribution in [2.45, 2.75) is 19.9 Å². The molecular formula is C12H18BrNS. The molecule has 0 unspecified atom stereocenters. The highest BCUT2D eigenvalue weighted by molar-refractivity contribution is 9.10. The molecule has 0 radical (unpaired) electrons.